The van der Waals surface area contributed by atoms with Crippen molar-refractivity contribution < 1.29 is 19.8 Å². The fourth-order valence-corrected chi connectivity index (χ4v) is 2.10. The van der Waals surface area contributed by atoms with Crippen molar-refractivity contribution in [2.24, 2.45) is 0 Å². The lowest BCUT2D eigenvalue weighted by Gasteiger charge is -2.19. The van der Waals surface area contributed by atoms with Gasteiger partial charge in [-0.3, -0.25) is 14.4 Å². The molecule has 1 heterocycles. The Labute approximate surface area is 96.1 Å². The number of rotatable bonds is 2. The molecule has 0 radical (unpaired) electrons. The fraction of sp³-hybridized carbons (Fsp3) is 0.364. The molecule has 0 unspecified atom stereocenters. The van der Waals surface area contributed by atoms with Crippen molar-refractivity contribution in [3.63, 3.8) is 0 Å². The molecule has 0 saturated carbocycles. The summed E-state index contributed by atoms with van der Waals surface area (Å²) < 4.78 is 1.04. The van der Waals surface area contributed by atoms with Crippen LogP contribution in [-0.2, 0) is 17.8 Å². The predicted octanol–water partition coefficient (Wildman–Crippen LogP) is 0.158. The van der Waals surface area contributed by atoms with E-state index < -0.39 is 18.1 Å². The second-order valence-corrected chi connectivity index (χ2v) is 3.95. The molecule has 0 fully saturated rings. The Bertz CT molecular complexity index is 558. The van der Waals surface area contributed by atoms with E-state index in [1.165, 1.54) is 0 Å². The molecule has 0 spiro atoms. The van der Waals surface area contributed by atoms with Gasteiger partial charge in [0.05, 0.1) is 5.56 Å². The summed E-state index contributed by atoms with van der Waals surface area (Å²) in [5.41, 5.74) is -0.177. The van der Waals surface area contributed by atoms with E-state index in [2.05, 4.69) is 0 Å². The van der Waals surface area contributed by atoms with Crippen LogP contribution >= 0.6 is 0 Å². The zero-order valence-corrected chi connectivity index (χ0v) is 8.97. The molecule has 1 aromatic heterocycles. The molecule has 6 heteroatoms. The third kappa shape index (κ3) is 1.93. The smallest absolute Gasteiger partial charge is 0.323 e. The number of hydrogen-bond donors (Lipinski definition) is 2. The summed E-state index contributed by atoms with van der Waals surface area (Å²) in [5, 5.41) is 18.3. The number of ketones is 1. The molecule has 1 aromatic rings. The van der Waals surface area contributed by atoms with Crippen LogP contribution in [0.5, 0.6) is 5.75 Å². The van der Waals surface area contributed by atoms with Gasteiger partial charge in [0.25, 0.3) is 5.56 Å². The van der Waals surface area contributed by atoms with Crippen molar-refractivity contribution in [2.45, 2.75) is 25.8 Å². The topological polar surface area (TPSA) is 96.6 Å². The van der Waals surface area contributed by atoms with Crippen LogP contribution in [0.25, 0.3) is 0 Å². The van der Waals surface area contributed by atoms with Crippen LogP contribution in [0.3, 0.4) is 0 Å². The van der Waals surface area contributed by atoms with Crippen molar-refractivity contribution in [3.8, 4) is 5.75 Å². The third-order valence-electron chi connectivity index (χ3n) is 2.79. The van der Waals surface area contributed by atoms with E-state index in [9.17, 15) is 19.5 Å². The average molecular weight is 237 g/mol. The van der Waals surface area contributed by atoms with E-state index in [4.69, 9.17) is 5.11 Å². The zero-order valence-electron chi connectivity index (χ0n) is 8.97. The molecule has 6 nitrogen and oxygen atoms in total. The second kappa shape index (κ2) is 4.04. The molecule has 0 saturated heterocycles. The molecule has 0 amide bonds. The summed E-state index contributed by atoms with van der Waals surface area (Å²) in [5.74, 6) is -1.75. The van der Waals surface area contributed by atoms with E-state index in [0.29, 0.717) is 25.0 Å². The van der Waals surface area contributed by atoms with Gasteiger partial charge in [-0.2, -0.15) is 0 Å². The van der Waals surface area contributed by atoms with Crippen LogP contribution in [-0.4, -0.2) is 26.5 Å². The fourth-order valence-electron chi connectivity index (χ4n) is 2.10. The van der Waals surface area contributed by atoms with Gasteiger partial charge < -0.3 is 14.8 Å². The Kier molecular flexibility index (Phi) is 2.71. The van der Waals surface area contributed by atoms with Crippen molar-refractivity contribution in [2.75, 3.05) is 0 Å². The largest absolute Gasteiger partial charge is 0.507 e. The molecular formula is C11H11NO5. The number of aromatic hydroxyl groups is 1. The number of carbonyl (C=O) groups excluding carboxylic acids is 1. The standard InChI is InChI=1S/C11H11NO5/c13-7-3-1-2-6-11(7)8(14)4-9(15)12(6)5-10(16)17/h4,14H,1-3,5H2,(H,16,17). The number of hydrogen-bond acceptors (Lipinski definition) is 4. The number of carboxylic acid groups (broad SMARTS) is 1. The van der Waals surface area contributed by atoms with E-state index in [0.717, 1.165) is 10.6 Å². The first-order chi connectivity index (χ1) is 8.00. The van der Waals surface area contributed by atoms with Crippen molar-refractivity contribution in [1.29, 1.82) is 0 Å². The Balaban J connectivity index is 2.67. The zero-order chi connectivity index (χ0) is 12.6. The van der Waals surface area contributed by atoms with Gasteiger partial charge in [-0.1, -0.05) is 0 Å². The van der Waals surface area contributed by atoms with Crippen LogP contribution < -0.4 is 5.56 Å². The quantitative estimate of drug-likeness (QED) is 0.763. The van der Waals surface area contributed by atoms with E-state index >= 15 is 0 Å². The van der Waals surface area contributed by atoms with Crippen LogP contribution in [0, 0.1) is 0 Å². The Hall–Kier alpha value is -2.11. The normalized spacial score (nSPS) is 14.5. The minimum atomic E-state index is -1.15. The van der Waals surface area contributed by atoms with Gasteiger partial charge in [-0.15, -0.1) is 0 Å². The highest BCUT2D eigenvalue weighted by Gasteiger charge is 2.25. The van der Waals surface area contributed by atoms with Gasteiger partial charge >= 0.3 is 5.97 Å². The summed E-state index contributed by atoms with van der Waals surface area (Å²) in [6, 6.07) is 0.894. The van der Waals surface area contributed by atoms with Crippen molar-refractivity contribution in [3.05, 3.63) is 27.7 Å². The second-order valence-electron chi connectivity index (χ2n) is 3.95. The number of aromatic nitrogens is 1. The number of carbonyl (C=O) groups is 2. The molecular weight excluding hydrogens is 226 g/mol. The van der Waals surface area contributed by atoms with E-state index in [-0.39, 0.29) is 17.1 Å². The Morgan fingerprint density at radius 1 is 1.35 bits per heavy atom. The number of nitrogens with zero attached hydrogens (tertiary/aromatic N) is 1. The molecule has 0 aromatic carbocycles. The summed E-state index contributed by atoms with van der Waals surface area (Å²) in [6.07, 6.45) is 1.30. The van der Waals surface area contributed by atoms with Gasteiger partial charge in [0, 0.05) is 18.2 Å². The SMILES string of the molecule is O=C(O)Cn1c2c(c(O)cc1=O)C(=O)CCC2. The molecule has 0 bridgehead atoms. The highest BCUT2D eigenvalue weighted by atomic mass is 16.4. The lowest BCUT2D eigenvalue weighted by molar-refractivity contribution is -0.137. The lowest BCUT2D eigenvalue weighted by atomic mass is 9.93. The third-order valence-corrected chi connectivity index (χ3v) is 2.79. The number of Topliss-reactive ketones (excluding diaryl/α,β-unsaturated/α-hetero) is 1. The summed E-state index contributed by atoms with van der Waals surface area (Å²) in [6.45, 7) is -0.491. The van der Waals surface area contributed by atoms with Crippen LogP contribution in [0.2, 0.25) is 0 Å². The summed E-state index contributed by atoms with van der Waals surface area (Å²) in [7, 11) is 0. The van der Waals surface area contributed by atoms with Gasteiger partial charge in [-0.25, -0.2) is 0 Å². The number of carboxylic acids is 1. The monoisotopic (exact) mass is 237 g/mol. The number of pyridine rings is 1. The molecule has 2 N–H and O–H groups in total. The highest BCUT2D eigenvalue weighted by molar-refractivity contribution is 6.00. The molecule has 2 rings (SSSR count). The molecule has 0 atom stereocenters. The summed E-state index contributed by atoms with van der Waals surface area (Å²) >= 11 is 0. The summed E-state index contributed by atoms with van der Waals surface area (Å²) in [4.78, 5) is 33.9. The minimum absolute atomic E-state index is 0.0945. The van der Waals surface area contributed by atoms with Crippen LogP contribution in [0.1, 0.15) is 28.9 Å². The van der Waals surface area contributed by atoms with Gasteiger partial charge in [0.15, 0.2) is 5.78 Å². The highest BCUT2D eigenvalue weighted by Crippen LogP contribution is 2.27. The maximum absolute atomic E-state index is 11.6. The first-order valence-corrected chi connectivity index (χ1v) is 5.21. The Morgan fingerprint density at radius 2 is 2.06 bits per heavy atom. The number of fused-ring (bicyclic) bond motifs is 1. The molecule has 1 aliphatic rings. The first kappa shape index (κ1) is 11.4. The average Bonchev–Trinajstić information content (AvgIpc) is 2.23. The molecule has 0 aliphatic heterocycles. The van der Waals surface area contributed by atoms with E-state index in [1.54, 1.807) is 0 Å². The lowest BCUT2D eigenvalue weighted by Crippen LogP contribution is -2.30. The van der Waals surface area contributed by atoms with Gasteiger partial charge in [0.1, 0.15) is 12.3 Å². The van der Waals surface area contributed by atoms with Gasteiger partial charge in [0.2, 0.25) is 0 Å². The van der Waals surface area contributed by atoms with E-state index in [1.807, 2.05) is 0 Å². The van der Waals surface area contributed by atoms with Crippen LogP contribution in [0.4, 0.5) is 0 Å². The maximum atomic E-state index is 11.6. The van der Waals surface area contributed by atoms with Crippen molar-refractivity contribution in [1.82, 2.24) is 4.57 Å². The van der Waals surface area contributed by atoms with Crippen molar-refractivity contribution >= 4 is 11.8 Å². The minimum Gasteiger partial charge on any atom is -0.507 e. The molecule has 1 aliphatic carbocycles. The number of aliphatic carboxylic acids is 1. The Morgan fingerprint density at radius 3 is 2.71 bits per heavy atom. The predicted molar refractivity (Wildman–Crippen MR) is 57.3 cm³/mol. The first-order valence-electron chi connectivity index (χ1n) is 5.21. The van der Waals surface area contributed by atoms with Gasteiger partial charge in [-0.05, 0) is 12.8 Å². The molecule has 17 heavy (non-hydrogen) atoms. The van der Waals surface area contributed by atoms with Crippen LogP contribution in [0.15, 0.2) is 10.9 Å². The molecule has 90 valence electrons. The maximum Gasteiger partial charge on any atom is 0.323 e.